The number of H-pyrrole nitrogens is 1. The quantitative estimate of drug-likeness (QED) is 0.487. The van der Waals surface area contributed by atoms with Crippen molar-refractivity contribution in [3.8, 4) is 5.75 Å². The Morgan fingerprint density at radius 3 is 2.67 bits per heavy atom. The Bertz CT molecular complexity index is 948. The van der Waals surface area contributed by atoms with Gasteiger partial charge in [0.05, 0.1) is 17.7 Å². The molecule has 0 aliphatic carbocycles. The Kier molecular flexibility index (Phi) is 3.78. The van der Waals surface area contributed by atoms with Crippen molar-refractivity contribution in [2.24, 2.45) is 0 Å². The van der Waals surface area contributed by atoms with Crippen LogP contribution < -0.4 is 10.1 Å². The van der Waals surface area contributed by atoms with Crippen LogP contribution in [0.15, 0.2) is 42.5 Å². The molecule has 1 aromatic heterocycles. The maximum absolute atomic E-state index is 11.2. The number of nitrogens with zero attached hydrogens (tertiary/aromatic N) is 1. The largest absolute Gasteiger partial charge is 0.495 e. The second-order valence-electron chi connectivity index (χ2n) is 4.99. The molecule has 8 heteroatoms. The van der Waals surface area contributed by atoms with Crippen LogP contribution in [-0.4, -0.2) is 28.1 Å². The number of nitro groups is 1. The molecule has 3 rings (SSSR count). The van der Waals surface area contributed by atoms with Gasteiger partial charge in [0, 0.05) is 17.1 Å². The zero-order chi connectivity index (χ0) is 17.3. The van der Waals surface area contributed by atoms with Gasteiger partial charge in [0.2, 0.25) is 0 Å². The van der Waals surface area contributed by atoms with E-state index in [4.69, 9.17) is 9.84 Å². The monoisotopic (exact) mass is 327 g/mol. The Morgan fingerprint density at radius 1 is 1.25 bits per heavy atom. The number of para-hydroxylation sites is 2. The van der Waals surface area contributed by atoms with E-state index in [2.05, 4.69) is 10.3 Å². The summed E-state index contributed by atoms with van der Waals surface area (Å²) < 4.78 is 5.26. The van der Waals surface area contributed by atoms with Crippen LogP contribution in [0.3, 0.4) is 0 Å². The van der Waals surface area contributed by atoms with Gasteiger partial charge in [0.25, 0.3) is 5.69 Å². The van der Waals surface area contributed by atoms with Crippen molar-refractivity contribution in [2.75, 3.05) is 12.4 Å². The highest BCUT2D eigenvalue weighted by Crippen LogP contribution is 2.35. The van der Waals surface area contributed by atoms with Gasteiger partial charge in [-0.25, -0.2) is 4.79 Å². The number of hydrogen-bond donors (Lipinski definition) is 3. The average molecular weight is 327 g/mol. The number of rotatable bonds is 5. The Morgan fingerprint density at radius 2 is 2.00 bits per heavy atom. The molecule has 0 unspecified atom stereocenters. The average Bonchev–Trinajstić information content (AvgIpc) is 3.01. The number of aromatic amines is 1. The van der Waals surface area contributed by atoms with Crippen LogP contribution in [0.25, 0.3) is 10.9 Å². The second kappa shape index (κ2) is 5.92. The van der Waals surface area contributed by atoms with Gasteiger partial charge >= 0.3 is 5.97 Å². The fourth-order valence-corrected chi connectivity index (χ4v) is 2.47. The number of non-ortho nitro benzene ring substituents is 1. The molecule has 2 aromatic carbocycles. The lowest BCUT2D eigenvalue weighted by Gasteiger charge is -2.11. The summed E-state index contributed by atoms with van der Waals surface area (Å²) in [5.74, 6) is -0.596. The topological polar surface area (TPSA) is 117 Å². The lowest BCUT2D eigenvalue weighted by molar-refractivity contribution is -0.383. The zero-order valence-electron chi connectivity index (χ0n) is 12.6. The highest BCUT2D eigenvalue weighted by atomic mass is 16.6. The second-order valence-corrected chi connectivity index (χ2v) is 4.99. The molecular weight excluding hydrogens is 314 g/mol. The summed E-state index contributed by atoms with van der Waals surface area (Å²) in [6.45, 7) is 0. The van der Waals surface area contributed by atoms with Crippen LogP contribution >= 0.6 is 0 Å². The molecule has 0 radical (unpaired) electrons. The zero-order valence-corrected chi connectivity index (χ0v) is 12.6. The summed E-state index contributed by atoms with van der Waals surface area (Å²) in [6, 6.07) is 11.4. The number of carboxylic acid groups (broad SMARTS) is 1. The normalized spacial score (nSPS) is 10.5. The molecule has 0 saturated heterocycles. The molecular formula is C16H13N3O5. The van der Waals surface area contributed by atoms with E-state index >= 15 is 0 Å². The Labute approximate surface area is 135 Å². The minimum Gasteiger partial charge on any atom is -0.495 e. The van der Waals surface area contributed by atoms with Gasteiger partial charge in [0.1, 0.15) is 17.0 Å². The number of nitrogens with one attached hydrogen (secondary N) is 2. The van der Waals surface area contributed by atoms with Crippen LogP contribution in [0, 0.1) is 10.1 Å². The summed E-state index contributed by atoms with van der Waals surface area (Å²) in [4.78, 5) is 24.4. The maximum Gasteiger partial charge on any atom is 0.352 e. The van der Waals surface area contributed by atoms with Crippen LogP contribution in [0.2, 0.25) is 0 Å². The standard InChI is InChI=1S/C16H13N3O5/c1-24-14-5-3-2-4-11(14)17-10-6-7-13(19(22)23)15-9(10)8-12(18-15)16(20)21/h2-8,17-18H,1H3,(H,20,21). The number of carboxylic acids is 1. The number of hydrogen-bond acceptors (Lipinski definition) is 5. The smallest absolute Gasteiger partial charge is 0.352 e. The minimum atomic E-state index is -1.19. The van der Waals surface area contributed by atoms with E-state index in [0.717, 1.165) is 0 Å². The number of ether oxygens (including phenoxy) is 1. The van der Waals surface area contributed by atoms with Crippen molar-refractivity contribution >= 4 is 33.9 Å². The molecule has 3 aromatic rings. The minimum absolute atomic E-state index is 0.123. The van der Waals surface area contributed by atoms with Gasteiger partial charge in [0.15, 0.2) is 0 Å². The van der Waals surface area contributed by atoms with Gasteiger partial charge in [-0.1, -0.05) is 12.1 Å². The van der Waals surface area contributed by atoms with Crippen molar-refractivity contribution in [2.45, 2.75) is 0 Å². The molecule has 0 aliphatic rings. The molecule has 0 spiro atoms. The van der Waals surface area contributed by atoms with Crippen molar-refractivity contribution < 1.29 is 19.6 Å². The molecule has 0 atom stereocenters. The summed E-state index contributed by atoms with van der Waals surface area (Å²) >= 11 is 0. The van der Waals surface area contributed by atoms with Crippen molar-refractivity contribution in [1.29, 1.82) is 0 Å². The molecule has 0 fully saturated rings. The lowest BCUT2D eigenvalue weighted by Crippen LogP contribution is -1.96. The first-order valence-corrected chi connectivity index (χ1v) is 6.94. The summed E-state index contributed by atoms with van der Waals surface area (Å²) in [5.41, 5.74) is 1.03. The van der Waals surface area contributed by atoms with E-state index in [1.807, 2.05) is 12.1 Å². The summed E-state index contributed by atoms with van der Waals surface area (Å²) in [5, 5.41) is 23.8. The van der Waals surface area contributed by atoms with Crippen LogP contribution in [0.1, 0.15) is 10.5 Å². The molecule has 24 heavy (non-hydrogen) atoms. The van der Waals surface area contributed by atoms with Gasteiger partial charge in [-0.3, -0.25) is 10.1 Å². The lowest BCUT2D eigenvalue weighted by atomic mass is 10.1. The number of aromatic carboxylic acids is 1. The Balaban J connectivity index is 2.16. The molecule has 0 saturated carbocycles. The van der Waals surface area contributed by atoms with E-state index in [0.29, 0.717) is 22.5 Å². The number of fused-ring (bicyclic) bond motifs is 1. The number of methoxy groups -OCH3 is 1. The first-order valence-electron chi connectivity index (χ1n) is 6.94. The SMILES string of the molecule is COc1ccccc1Nc1ccc([N+](=O)[O-])c2[nH]c(C(=O)O)cc12. The van der Waals surface area contributed by atoms with E-state index < -0.39 is 10.9 Å². The predicted octanol–water partition coefficient (Wildman–Crippen LogP) is 3.53. The maximum atomic E-state index is 11.2. The third-order valence-electron chi connectivity index (χ3n) is 3.58. The highest BCUT2D eigenvalue weighted by Gasteiger charge is 2.20. The third kappa shape index (κ3) is 2.60. The van der Waals surface area contributed by atoms with Gasteiger partial charge < -0.3 is 20.1 Å². The first-order chi connectivity index (χ1) is 11.5. The van der Waals surface area contributed by atoms with Crippen molar-refractivity contribution in [3.05, 3.63) is 58.3 Å². The van der Waals surface area contributed by atoms with Crippen LogP contribution in [0.5, 0.6) is 5.75 Å². The summed E-state index contributed by atoms with van der Waals surface area (Å²) in [7, 11) is 1.53. The number of aromatic nitrogens is 1. The number of benzene rings is 2. The van der Waals surface area contributed by atoms with Crippen LogP contribution in [0.4, 0.5) is 17.1 Å². The third-order valence-corrected chi connectivity index (χ3v) is 3.58. The van der Waals surface area contributed by atoms with Gasteiger partial charge in [-0.05, 0) is 24.3 Å². The van der Waals surface area contributed by atoms with E-state index in [-0.39, 0.29) is 16.9 Å². The van der Waals surface area contributed by atoms with Crippen molar-refractivity contribution in [1.82, 2.24) is 4.98 Å². The first kappa shape index (κ1) is 15.3. The fraction of sp³-hybridized carbons (Fsp3) is 0.0625. The van der Waals surface area contributed by atoms with Crippen molar-refractivity contribution in [3.63, 3.8) is 0 Å². The van der Waals surface area contributed by atoms with Gasteiger partial charge in [-0.2, -0.15) is 0 Å². The number of anilines is 2. The van der Waals surface area contributed by atoms with E-state index in [9.17, 15) is 14.9 Å². The predicted molar refractivity (Wildman–Crippen MR) is 88.2 cm³/mol. The molecule has 1 heterocycles. The summed E-state index contributed by atoms with van der Waals surface area (Å²) in [6.07, 6.45) is 0. The van der Waals surface area contributed by atoms with E-state index in [1.54, 1.807) is 12.1 Å². The van der Waals surface area contributed by atoms with Crippen LogP contribution in [-0.2, 0) is 0 Å². The molecule has 0 amide bonds. The molecule has 8 nitrogen and oxygen atoms in total. The number of nitro benzene ring substituents is 1. The molecule has 0 aliphatic heterocycles. The molecule has 0 bridgehead atoms. The Hall–Kier alpha value is -3.55. The van der Waals surface area contributed by atoms with E-state index in [1.165, 1.54) is 25.3 Å². The highest BCUT2D eigenvalue weighted by molar-refractivity contribution is 6.03. The van der Waals surface area contributed by atoms with Gasteiger partial charge in [-0.15, -0.1) is 0 Å². The molecule has 122 valence electrons. The number of carbonyl (C=O) groups is 1. The fourth-order valence-electron chi connectivity index (χ4n) is 2.47. The molecule has 3 N–H and O–H groups in total.